The smallest absolute Gasteiger partial charge is 0.684 e. The summed E-state index contributed by atoms with van der Waals surface area (Å²) in [6, 6.07) is 8.69. The molecule has 1 aromatic rings. The minimum atomic E-state index is 0. The number of unbranched alkanes of at least 4 members (excludes halogenated alkanes) is 1. The predicted molar refractivity (Wildman–Crippen MR) is 115 cm³/mol. The molecule has 0 saturated heterocycles. The topological polar surface area (TPSA) is 14.1 Å². The normalized spacial score (nSPS) is 17.5. The molecule has 2 heteroatoms. The van der Waals surface area contributed by atoms with Gasteiger partial charge in [0, 0.05) is 0 Å². The molecule has 2 saturated carbocycles. The molecule has 0 N–H and O–H groups in total. The van der Waals surface area contributed by atoms with E-state index in [1.165, 1.54) is 24.8 Å². The van der Waals surface area contributed by atoms with Crippen molar-refractivity contribution in [3.8, 4) is 0 Å². The van der Waals surface area contributed by atoms with Gasteiger partial charge in [-0.25, -0.2) is 0 Å². The van der Waals surface area contributed by atoms with Crippen LogP contribution in [-0.4, -0.2) is 6.04 Å². The van der Waals surface area contributed by atoms with E-state index in [2.05, 4.69) is 52.0 Å². The molecule has 10 radical (unpaired) electrons. The molecule has 2 aliphatic carbocycles. The molecule has 0 spiro atoms. The van der Waals surface area contributed by atoms with Crippen LogP contribution in [0.2, 0.25) is 0 Å². The molecule has 0 heterocycles. The zero-order chi connectivity index (χ0) is 19.0. The van der Waals surface area contributed by atoms with Gasteiger partial charge in [0.15, 0.2) is 0 Å². The van der Waals surface area contributed by atoms with Gasteiger partial charge in [0.05, 0.1) is 0 Å². The first-order valence-corrected chi connectivity index (χ1v) is 9.57. The summed E-state index contributed by atoms with van der Waals surface area (Å²) in [4.78, 5) is 0. The van der Waals surface area contributed by atoms with Crippen LogP contribution in [0.1, 0.15) is 38.7 Å². The Balaban J connectivity index is 0.000000496. The van der Waals surface area contributed by atoms with E-state index in [-0.39, 0.29) is 26.2 Å². The standard InChI is InChI=1S/C15H23N.2C5H5.Zr/c1-5-6-7-13(3)14(4)16-15-10-8-12(2)9-11-15;2*1-2-4-5-3-1;/h8-11,13-14H,3,5-7H2,1-2,4H3;2*1-5H;/q-2;;;+4/t13-,14-;;;/m1.../s1. The van der Waals surface area contributed by atoms with Gasteiger partial charge in [-0.15, -0.1) is 11.7 Å². The van der Waals surface area contributed by atoms with Crippen LogP contribution >= 0.6 is 0 Å². The van der Waals surface area contributed by atoms with E-state index >= 15 is 0 Å². The maximum absolute atomic E-state index is 4.69. The SMILES string of the molecule is [CH2-][C@H](CCCC)[C@@H](C)[N-]c1ccc(C)cc1.[CH]1[CH][CH][CH][CH]1.[CH]1[CH][CH][CH][CH]1.[Zr+4]. The quantitative estimate of drug-likeness (QED) is 0.422. The Bertz CT molecular complexity index is 395. The summed E-state index contributed by atoms with van der Waals surface area (Å²) in [5.41, 5.74) is 2.35. The summed E-state index contributed by atoms with van der Waals surface area (Å²) in [7, 11) is 0. The van der Waals surface area contributed by atoms with Crippen molar-refractivity contribution >= 4 is 5.69 Å². The Labute approximate surface area is 189 Å². The first-order valence-electron chi connectivity index (χ1n) is 9.57. The molecule has 0 aromatic heterocycles. The first-order chi connectivity index (χ1) is 12.6. The van der Waals surface area contributed by atoms with Crippen LogP contribution in [0.25, 0.3) is 5.32 Å². The minimum absolute atomic E-state index is 0. The number of aryl methyl sites for hydroxylation is 1. The van der Waals surface area contributed by atoms with Gasteiger partial charge in [-0.2, -0.15) is 5.92 Å². The van der Waals surface area contributed by atoms with Crippen molar-refractivity contribution in [1.29, 1.82) is 0 Å². The van der Waals surface area contributed by atoms with Crippen molar-refractivity contribution in [3.63, 3.8) is 0 Å². The molecule has 140 valence electrons. The van der Waals surface area contributed by atoms with Crippen LogP contribution < -0.4 is 0 Å². The van der Waals surface area contributed by atoms with Gasteiger partial charge in [-0.05, 0) is 71.1 Å². The average Bonchev–Trinajstić information content (AvgIpc) is 3.39. The van der Waals surface area contributed by atoms with E-state index in [4.69, 9.17) is 5.32 Å². The van der Waals surface area contributed by atoms with Gasteiger partial charge >= 0.3 is 26.2 Å². The molecule has 2 aliphatic rings. The van der Waals surface area contributed by atoms with Gasteiger partial charge in [0.25, 0.3) is 0 Å². The summed E-state index contributed by atoms with van der Waals surface area (Å²) in [6.45, 7) is 10.7. The van der Waals surface area contributed by atoms with Gasteiger partial charge in [0.2, 0.25) is 0 Å². The summed E-state index contributed by atoms with van der Waals surface area (Å²) in [5.74, 6) is 0.432. The van der Waals surface area contributed by atoms with E-state index in [0.717, 1.165) is 5.69 Å². The third-order valence-electron chi connectivity index (χ3n) is 4.11. The van der Waals surface area contributed by atoms with E-state index in [9.17, 15) is 0 Å². The first kappa shape index (κ1) is 26.9. The van der Waals surface area contributed by atoms with E-state index in [0.29, 0.717) is 12.0 Å². The number of rotatable bonds is 6. The fourth-order valence-corrected chi connectivity index (χ4v) is 2.32. The summed E-state index contributed by atoms with van der Waals surface area (Å²) in [5, 5.41) is 4.69. The van der Waals surface area contributed by atoms with Crippen LogP contribution in [-0.2, 0) is 26.2 Å². The molecule has 3 rings (SSSR count). The van der Waals surface area contributed by atoms with Crippen LogP contribution in [0.15, 0.2) is 24.3 Å². The minimum Gasteiger partial charge on any atom is -0.684 e. The molecule has 1 aromatic carbocycles. The van der Waals surface area contributed by atoms with Crippen molar-refractivity contribution in [2.24, 2.45) is 5.92 Å². The maximum atomic E-state index is 4.69. The van der Waals surface area contributed by atoms with E-state index in [1.807, 2.05) is 64.2 Å². The second-order valence-electron chi connectivity index (χ2n) is 6.53. The Morgan fingerprint density at radius 2 is 1.22 bits per heavy atom. The van der Waals surface area contributed by atoms with Gasteiger partial charge in [0.1, 0.15) is 0 Å². The van der Waals surface area contributed by atoms with E-state index < -0.39 is 0 Å². The molecule has 27 heavy (non-hydrogen) atoms. The predicted octanol–water partition coefficient (Wildman–Crippen LogP) is 7.07. The third-order valence-corrected chi connectivity index (χ3v) is 4.11. The molecule has 0 aliphatic heterocycles. The van der Waals surface area contributed by atoms with Crippen molar-refractivity contribution in [1.82, 2.24) is 0 Å². The molecular formula is C25H33NZr+2. The van der Waals surface area contributed by atoms with E-state index in [1.54, 1.807) is 0 Å². The molecular weight excluding hydrogens is 406 g/mol. The zero-order valence-electron chi connectivity index (χ0n) is 17.0. The van der Waals surface area contributed by atoms with Crippen molar-refractivity contribution in [3.05, 3.63) is 106 Å². The molecule has 0 unspecified atom stereocenters. The summed E-state index contributed by atoms with van der Waals surface area (Å²) < 4.78 is 0. The monoisotopic (exact) mass is 437 g/mol. The Morgan fingerprint density at radius 3 is 1.59 bits per heavy atom. The number of hydrogen-bond donors (Lipinski definition) is 0. The second kappa shape index (κ2) is 18.0. The Kier molecular flexibility index (Phi) is 17.9. The second-order valence-corrected chi connectivity index (χ2v) is 6.53. The van der Waals surface area contributed by atoms with Crippen molar-refractivity contribution in [2.45, 2.75) is 46.1 Å². The molecule has 0 bridgehead atoms. The van der Waals surface area contributed by atoms with Crippen LogP contribution in [0, 0.1) is 84.0 Å². The number of benzene rings is 1. The average molecular weight is 439 g/mol. The fraction of sp³-hybridized carbons (Fsp3) is 0.320. The van der Waals surface area contributed by atoms with Crippen LogP contribution in [0.5, 0.6) is 0 Å². The molecule has 2 atom stereocenters. The number of nitrogens with zero attached hydrogens (tertiary/aromatic N) is 1. The zero-order valence-corrected chi connectivity index (χ0v) is 19.5. The van der Waals surface area contributed by atoms with Gasteiger partial charge in [-0.1, -0.05) is 62.9 Å². The van der Waals surface area contributed by atoms with Crippen LogP contribution in [0.3, 0.4) is 0 Å². The van der Waals surface area contributed by atoms with Crippen molar-refractivity contribution < 1.29 is 26.2 Å². The summed E-state index contributed by atoms with van der Waals surface area (Å²) >= 11 is 0. The molecule has 0 amide bonds. The molecule has 2 fully saturated rings. The van der Waals surface area contributed by atoms with Crippen LogP contribution in [0.4, 0.5) is 5.69 Å². The largest absolute Gasteiger partial charge is 4.00 e. The third kappa shape index (κ3) is 14.5. The maximum Gasteiger partial charge on any atom is 4.00 e. The number of hydrogen-bond acceptors (Lipinski definition) is 0. The fourth-order valence-electron chi connectivity index (χ4n) is 2.32. The molecule has 1 nitrogen and oxygen atoms in total. The summed E-state index contributed by atoms with van der Waals surface area (Å²) in [6.07, 6.45) is 23.7. The Hall–Kier alpha value is -0.0969. The van der Waals surface area contributed by atoms with Gasteiger partial charge in [-0.3, -0.25) is 0 Å². The van der Waals surface area contributed by atoms with Gasteiger partial charge < -0.3 is 12.2 Å². The Morgan fingerprint density at radius 1 is 0.815 bits per heavy atom. The van der Waals surface area contributed by atoms with Crippen molar-refractivity contribution in [2.75, 3.05) is 0 Å².